The topological polar surface area (TPSA) is 34.4 Å². The lowest BCUT2D eigenvalue weighted by Gasteiger charge is -2.33. The Labute approximate surface area is 120 Å². The molecule has 0 saturated carbocycles. The summed E-state index contributed by atoms with van der Waals surface area (Å²) in [4.78, 5) is 17.3. The van der Waals surface area contributed by atoms with Gasteiger partial charge in [-0.15, -0.1) is 0 Å². The molecule has 1 atom stereocenters. The maximum atomic E-state index is 12.6. The van der Waals surface area contributed by atoms with Crippen LogP contribution in [0.1, 0.15) is 37.9 Å². The highest BCUT2D eigenvalue weighted by Crippen LogP contribution is 2.36. The molecule has 4 heteroatoms. The van der Waals surface area contributed by atoms with Crippen LogP contribution in [-0.2, 0) is 12.8 Å². The minimum atomic E-state index is 0.104. The van der Waals surface area contributed by atoms with Gasteiger partial charge in [0.15, 0.2) is 0 Å². The van der Waals surface area contributed by atoms with E-state index in [9.17, 15) is 4.79 Å². The first-order valence-corrected chi connectivity index (χ1v) is 7.51. The van der Waals surface area contributed by atoms with E-state index < -0.39 is 0 Å². The second-order valence-electron chi connectivity index (χ2n) is 5.76. The standard InChI is InChI=1S/C15H17BrN2O/c1-3-15(2)6-4-12-11(9-15)14(19)18-7-5-10(16)8-13(18)17-12/h5,7-8H,3-4,6,9H2,1-2H3. The Hall–Kier alpha value is -1.16. The quantitative estimate of drug-likeness (QED) is 0.807. The van der Waals surface area contributed by atoms with E-state index in [2.05, 4.69) is 34.8 Å². The molecular weight excluding hydrogens is 304 g/mol. The third kappa shape index (κ3) is 2.12. The van der Waals surface area contributed by atoms with Gasteiger partial charge in [0, 0.05) is 16.2 Å². The lowest BCUT2D eigenvalue weighted by Crippen LogP contribution is -2.33. The van der Waals surface area contributed by atoms with Gasteiger partial charge in [0.25, 0.3) is 5.56 Å². The van der Waals surface area contributed by atoms with E-state index in [0.717, 1.165) is 47.1 Å². The molecule has 0 fully saturated rings. The Kier molecular flexibility index (Phi) is 3.01. The average Bonchev–Trinajstić information content (AvgIpc) is 2.40. The minimum absolute atomic E-state index is 0.104. The molecule has 0 saturated heterocycles. The zero-order valence-corrected chi connectivity index (χ0v) is 12.8. The van der Waals surface area contributed by atoms with Crippen molar-refractivity contribution in [1.29, 1.82) is 0 Å². The van der Waals surface area contributed by atoms with Crippen LogP contribution in [0, 0.1) is 5.41 Å². The van der Waals surface area contributed by atoms with E-state index in [1.165, 1.54) is 0 Å². The molecule has 3 nitrogen and oxygen atoms in total. The SMILES string of the molecule is CCC1(C)CCc2nc3cc(Br)ccn3c(=O)c2C1. The summed E-state index contributed by atoms with van der Waals surface area (Å²) in [6, 6.07) is 3.78. The molecule has 2 heterocycles. The maximum absolute atomic E-state index is 12.6. The lowest BCUT2D eigenvalue weighted by atomic mass is 9.73. The van der Waals surface area contributed by atoms with Gasteiger partial charge in [-0.05, 0) is 36.8 Å². The van der Waals surface area contributed by atoms with Crippen molar-refractivity contribution in [3.8, 4) is 0 Å². The molecule has 2 aromatic heterocycles. The molecular formula is C15H17BrN2O. The highest BCUT2D eigenvalue weighted by molar-refractivity contribution is 9.10. The summed E-state index contributed by atoms with van der Waals surface area (Å²) in [5, 5.41) is 0. The fraction of sp³-hybridized carbons (Fsp3) is 0.467. The molecule has 3 rings (SSSR count). The highest BCUT2D eigenvalue weighted by atomic mass is 79.9. The summed E-state index contributed by atoms with van der Waals surface area (Å²) in [6.07, 6.45) is 5.79. The fourth-order valence-corrected chi connectivity index (χ4v) is 3.14. The smallest absolute Gasteiger partial charge is 0.261 e. The third-order valence-corrected chi connectivity index (χ3v) is 4.89. The second-order valence-corrected chi connectivity index (χ2v) is 6.67. The number of nitrogens with zero attached hydrogens (tertiary/aromatic N) is 2. The molecule has 0 aliphatic heterocycles. The van der Waals surface area contributed by atoms with Gasteiger partial charge in [-0.25, -0.2) is 4.98 Å². The summed E-state index contributed by atoms with van der Waals surface area (Å²) in [5.74, 6) is 0. The van der Waals surface area contributed by atoms with E-state index in [1.54, 1.807) is 10.6 Å². The van der Waals surface area contributed by atoms with Crippen molar-refractivity contribution in [2.45, 2.75) is 39.5 Å². The molecule has 100 valence electrons. The predicted octanol–water partition coefficient (Wildman–Crippen LogP) is 3.36. The van der Waals surface area contributed by atoms with Crippen molar-refractivity contribution in [2.75, 3.05) is 0 Å². The van der Waals surface area contributed by atoms with Gasteiger partial charge >= 0.3 is 0 Å². The molecule has 2 aromatic rings. The Bertz CT molecular complexity index is 707. The zero-order valence-electron chi connectivity index (χ0n) is 11.2. The summed E-state index contributed by atoms with van der Waals surface area (Å²) < 4.78 is 2.61. The van der Waals surface area contributed by atoms with Crippen LogP contribution in [0.2, 0.25) is 0 Å². The van der Waals surface area contributed by atoms with E-state index in [0.29, 0.717) is 0 Å². The van der Waals surface area contributed by atoms with Crippen LogP contribution in [-0.4, -0.2) is 9.38 Å². The first-order valence-electron chi connectivity index (χ1n) is 6.72. The summed E-state index contributed by atoms with van der Waals surface area (Å²) in [5.41, 5.74) is 2.99. The van der Waals surface area contributed by atoms with Gasteiger partial charge in [0.05, 0.1) is 5.69 Å². The predicted molar refractivity (Wildman–Crippen MR) is 79.6 cm³/mol. The van der Waals surface area contributed by atoms with Crippen LogP contribution >= 0.6 is 15.9 Å². The van der Waals surface area contributed by atoms with Crippen molar-refractivity contribution in [1.82, 2.24) is 9.38 Å². The normalized spacial score (nSPS) is 22.5. The Balaban J connectivity index is 2.23. The number of hydrogen-bond donors (Lipinski definition) is 0. The van der Waals surface area contributed by atoms with Gasteiger partial charge < -0.3 is 0 Å². The van der Waals surface area contributed by atoms with Crippen LogP contribution in [0.5, 0.6) is 0 Å². The Morgan fingerprint density at radius 2 is 2.32 bits per heavy atom. The molecule has 1 aliphatic carbocycles. The molecule has 0 N–H and O–H groups in total. The molecule has 0 radical (unpaired) electrons. The van der Waals surface area contributed by atoms with E-state index in [4.69, 9.17) is 0 Å². The number of hydrogen-bond acceptors (Lipinski definition) is 2. The highest BCUT2D eigenvalue weighted by Gasteiger charge is 2.31. The van der Waals surface area contributed by atoms with Crippen molar-refractivity contribution in [2.24, 2.45) is 5.41 Å². The van der Waals surface area contributed by atoms with E-state index in [1.807, 2.05) is 12.1 Å². The van der Waals surface area contributed by atoms with Gasteiger partial charge in [-0.1, -0.05) is 36.2 Å². The number of rotatable bonds is 1. The largest absolute Gasteiger partial charge is 0.269 e. The molecule has 1 aliphatic rings. The van der Waals surface area contributed by atoms with Crippen LogP contribution in [0.25, 0.3) is 5.65 Å². The number of fused-ring (bicyclic) bond motifs is 2. The van der Waals surface area contributed by atoms with E-state index in [-0.39, 0.29) is 11.0 Å². The minimum Gasteiger partial charge on any atom is -0.269 e. The van der Waals surface area contributed by atoms with Crippen LogP contribution < -0.4 is 5.56 Å². The average molecular weight is 321 g/mol. The number of aryl methyl sites for hydroxylation is 1. The summed E-state index contributed by atoms with van der Waals surface area (Å²) in [7, 11) is 0. The van der Waals surface area contributed by atoms with Crippen molar-refractivity contribution < 1.29 is 0 Å². The molecule has 19 heavy (non-hydrogen) atoms. The van der Waals surface area contributed by atoms with Crippen LogP contribution in [0.4, 0.5) is 0 Å². The van der Waals surface area contributed by atoms with Crippen molar-refractivity contribution >= 4 is 21.6 Å². The van der Waals surface area contributed by atoms with E-state index >= 15 is 0 Å². The molecule has 0 spiro atoms. The third-order valence-electron chi connectivity index (χ3n) is 4.39. The monoisotopic (exact) mass is 320 g/mol. The number of halogens is 1. The lowest BCUT2D eigenvalue weighted by molar-refractivity contribution is 0.264. The first kappa shape index (κ1) is 12.9. The van der Waals surface area contributed by atoms with Gasteiger partial charge in [0.1, 0.15) is 5.65 Å². The summed E-state index contributed by atoms with van der Waals surface area (Å²) >= 11 is 3.43. The number of aromatic nitrogens is 2. The van der Waals surface area contributed by atoms with Gasteiger partial charge in [-0.3, -0.25) is 9.20 Å². The zero-order chi connectivity index (χ0) is 13.6. The van der Waals surface area contributed by atoms with Gasteiger partial charge in [0.2, 0.25) is 0 Å². The van der Waals surface area contributed by atoms with Crippen LogP contribution in [0.15, 0.2) is 27.6 Å². The van der Waals surface area contributed by atoms with Gasteiger partial charge in [-0.2, -0.15) is 0 Å². The first-order chi connectivity index (χ1) is 9.02. The molecule has 0 amide bonds. The van der Waals surface area contributed by atoms with Crippen molar-refractivity contribution in [3.05, 3.63) is 44.4 Å². The molecule has 0 bridgehead atoms. The maximum Gasteiger partial charge on any atom is 0.261 e. The summed E-state index contributed by atoms with van der Waals surface area (Å²) in [6.45, 7) is 4.47. The van der Waals surface area contributed by atoms with Crippen LogP contribution in [0.3, 0.4) is 0 Å². The van der Waals surface area contributed by atoms with Crippen molar-refractivity contribution in [3.63, 3.8) is 0 Å². The molecule has 1 unspecified atom stereocenters. The second kappa shape index (κ2) is 4.44. The fourth-order valence-electron chi connectivity index (χ4n) is 2.82. The Morgan fingerprint density at radius 3 is 3.05 bits per heavy atom. The number of pyridine rings is 1. The Morgan fingerprint density at radius 1 is 1.53 bits per heavy atom. The molecule has 0 aromatic carbocycles.